The number of urea groups is 1. The van der Waals surface area contributed by atoms with E-state index in [-0.39, 0.29) is 5.56 Å². The molecule has 0 radical (unpaired) electrons. The highest BCUT2D eigenvalue weighted by Gasteiger charge is 2.47. The number of H-pyrrole nitrogens is 1. The van der Waals surface area contributed by atoms with Gasteiger partial charge in [-0.05, 0) is 18.9 Å². The Bertz CT molecular complexity index is 1140. The van der Waals surface area contributed by atoms with Crippen molar-refractivity contribution in [3.05, 3.63) is 44.9 Å². The lowest BCUT2D eigenvalue weighted by molar-refractivity contribution is -0.0417. The summed E-state index contributed by atoms with van der Waals surface area (Å²) in [7, 11) is 0. The van der Waals surface area contributed by atoms with Crippen molar-refractivity contribution in [2.45, 2.75) is 82.1 Å². The number of carbonyl (C=O) groups is 1. The lowest BCUT2D eigenvalue weighted by atomic mass is 10.1. The fourth-order valence-corrected chi connectivity index (χ4v) is 4.03. The molecule has 9 unspecified atom stereocenters. The summed E-state index contributed by atoms with van der Waals surface area (Å²) in [4.78, 5) is 37.6. The molecule has 198 valence electrons. The highest BCUT2D eigenvalue weighted by Crippen LogP contribution is 2.32. The number of aromatic amines is 1. The molecular weight excluding hydrogens is 484 g/mol. The number of nitrogens with one attached hydrogen (secondary N) is 2. The van der Waals surface area contributed by atoms with Crippen LogP contribution in [0.25, 0.3) is 0 Å². The lowest BCUT2D eigenvalue weighted by Gasteiger charge is -2.30. The van der Waals surface area contributed by atoms with E-state index in [1.165, 1.54) is 12.3 Å². The van der Waals surface area contributed by atoms with Crippen LogP contribution in [-0.2, 0) is 9.47 Å². The van der Waals surface area contributed by atoms with Crippen molar-refractivity contribution in [1.82, 2.24) is 19.8 Å². The van der Waals surface area contributed by atoms with Gasteiger partial charge in [-0.2, -0.15) is 0 Å². The van der Waals surface area contributed by atoms with E-state index in [1.54, 1.807) is 13.8 Å². The summed E-state index contributed by atoms with van der Waals surface area (Å²) in [5.41, 5.74) is 3.81. The monoisotopic (exact) mass is 513 g/mol. The minimum Gasteiger partial charge on any atom is -0.387 e. The van der Waals surface area contributed by atoms with Crippen molar-refractivity contribution in [1.29, 1.82) is 0 Å². The topological polar surface area (TPSA) is 172 Å². The molecule has 6 N–H and O–H groups in total. The van der Waals surface area contributed by atoms with Crippen molar-refractivity contribution >= 4 is 6.03 Å². The minimum atomic E-state index is -1.76. The van der Waals surface area contributed by atoms with Crippen LogP contribution in [-0.4, -0.2) is 79.8 Å². The Labute approximate surface area is 204 Å². The van der Waals surface area contributed by atoms with E-state index in [9.17, 15) is 33.4 Å². The third kappa shape index (κ3) is 5.35. The molecule has 2 saturated heterocycles. The molecule has 9 atom stereocenters. The quantitative estimate of drug-likeness (QED) is 0.325. The Balaban J connectivity index is 0.000000202. The number of hydrogen-bond donors (Lipinski definition) is 5. The van der Waals surface area contributed by atoms with Crippen LogP contribution >= 0.6 is 0 Å². The number of aliphatic hydroxyl groups excluding tert-OH is 2. The maximum atomic E-state index is 13.9. The number of carbonyl (C=O) groups excluding carboxylic acids is 1. The number of nitrogens with two attached hydrogens (primary N) is 1. The first-order valence-corrected chi connectivity index (χ1v) is 11.3. The maximum absolute atomic E-state index is 13.9. The van der Waals surface area contributed by atoms with E-state index < -0.39 is 72.7 Å². The van der Waals surface area contributed by atoms with Gasteiger partial charge >= 0.3 is 11.7 Å². The number of nitrogens with zero attached hydrogens (tertiary/aromatic N) is 2. The summed E-state index contributed by atoms with van der Waals surface area (Å²) >= 11 is 0. The van der Waals surface area contributed by atoms with E-state index in [0.29, 0.717) is 12.8 Å². The molecule has 0 spiro atoms. The first-order valence-electron chi connectivity index (χ1n) is 11.3. The molecular formula is C22H29F2N5O7. The fraction of sp³-hybridized carbons (Fsp3) is 0.591. The zero-order chi connectivity index (χ0) is 26.7. The van der Waals surface area contributed by atoms with Crippen LogP contribution in [0.4, 0.5) is 13.6 Å². The Morgan fingerprint density at radius 2 is 1.64 bits per heavy atom. The number of rotatable bonds is 4. The van der Waals surface area contributed by atoms with Gasteiger partial charge in [-0.25, -0.2) is 18.4 Å². The molecule has 12 nitrogen and oxygen atoms in total. The molecule has 0 saturated carbocycles. The van der Waals surface area contributed by atoms with Crippen molar-refractivity contribution in [2.75, 3.05) is 0 Å². The summed E-state index contributed by atoms with van der Waals surface area (Å²) in [6, 6.07) is -0.531. The summed E-state index contributed by atoms with van der Waals surface area (Å²) in [5.74, 6) is 2.09. The van der Waals surface area contributed by atoms with E-state index >= 15 is 0 Å². The first-order chi connectivity index (χ1) is 17.0. The maximum Gasteiger partial charge on any atom is 0.330 e. The second kappa shape index (κ2) is 11.3. The van der Waals surface area contributed by atoms with Gasteiger partial charge in [0.15, 0.2) is 24.8 Å². The molecule has 3 aliphatic rings. The molecule has 2 amide bonds. The number of aromatic nitrogens is 2. The smallest absolute Gasteiger partial charge is 0.330 e. The van der Waals surface area contributed by atoms with Gasteiger partial charge in [0.05, 0.1) is 18.4 Å². The Morgan fingerprint density at radius 3 is 2.14 bits per heavy atom. The molecule has 1 aromatic rings. The second-order valence-electron chi connectivity index (χ2n) is 8.39. The number of aliphatic hydroxyl groups is 2. The molecule has 0 bridgehead atoms. The average molecular weight is 513 g/mol. The number of halogens is 2. The second-order valence-corrected chi connectivity index (χ2v) is 8.39. The van der Waals surface area contributed by atoms with Crippen LogP contribution in [0.1, 0.15) is 38.5 Å². The number of amides is 2. The van der Waals surface area contributed by atoms with E-state index in [0.717, 1.165) is 15.7 Å². The lowest BCUT2D eigenvalue weighted by Crippen LogP contribution is -2.54. The molecule has 4 rings (SSSR count). The van der Waals surface area contributed by atoms with Crippen LogP contribution in [0.5, 0.6) is 0 Å². The highest BCUT2D eigenvalue weighted by atomic mass is 19.1. The molecule has 0 aromatic carbocycles. The molecule has 2 fully saturated rings. The predicted molar refractivity (Wildman–Crippen MR) is 122 cm³/mol. The molecule has 4 heterocycles. The van der Waals surface area contributed by atoms with Gasteiger partial charge in [0.1, 0.15) is 17.8 Å². The van der Waals surface area contributed by atoms with Crippen LogP contribution < -0.4 is 22.3 Å². The van der Waals surface area contributed by atoms with Crippen LogP contribution in [0.15, 0.2) is 28.1 Å². The van der Waals surface area contributed by atoms with Gasteiger partial charge < -0.3 is 30.7 Å². The molecule has 14 heteroatoms. The Hall–Kier alpha value is -3.09. The summed E-state index contributed by atoms with van der Waals surface area (Å²) in [6.45, 7) is 3.51. The van der Waals surface area contributed by atoms with E-state index in [4.69, 9.17) is 21.6 Å². The number of hydrogen-bond acceptors (Lipinski definition) is 8. The Morgan fingerprint density at radius 1 is 1.08 bits per heavy atom. The molecule has 0 aliphatic carbocycles. The van der Waals surface area contributed by atoms with E-state index in [2.05, 4.69) is 11.2 Å². The zero-order valence-electron chi connectivity index (χ0n) is 19.6. The van der Waals surface area contributed by atoms with Gasteiger partial charge in [-0.1, -0.05) is 19.8 Å². The van der Waals surface area contributed by atoms with Crippen molar-refractivity contribution in [2.24, 2.45) is 5.73 Å². The SMILES string of the molecule is C#Cc1cn(C2OC(CC)C(O)C2F)c(=O)[nH]c1=O.CCC1OC(N2C=CC(N)NC2=O)C(F)C1O. The van der Waals surface area contributed by atoms with Gasteiger partial charge in [-0.3, -0.25) is 19.2 Å². The Kier molecular flexibility index (Phi) is 8.64. The minimum absolute atomic E-state index is 0.107. The molecule has 3 aliphatic heterocycles. The van der Waals surface area contributed by atoms with Gasteiger partial charge in [0.25, 0.3) is 5.56 Å². The third-order valence-corrected chi connectivity index (χ3v) is 6.04. The van der Waals surface area contributed by atoms with Gasteiger partial charge in [0, 0.05) is 12.4 Å². The predicted octanol–water partition coefficient (Wildman–Crippen LogP) is -0.832. The summed E-state index contributed by atoms with van der Waals surface area (Å²) < 4.78 is 39.2. The zero-order valence-corrected chi connectivity index (χ0v) is 19.6. The number of terminal acetylenes is 1. The first kappa shape index (κ1) is 27.5. The summed E-state index contributed by atoms with van der Waals surface area (Å²) in [6.07, 6.45) is -0.218. The fourth-order valence-electron chi connectivity index (χ4n) is 4.03. The number of ether oxygens (including phenoxy) is 2. The third-order valence-electron chi connectivity index (χ3n) is 6.04. The van der Waals surface area contributed by atoms with Gasteiger partial charge in [0.2, 0.25) is 0 Å². The van der Waals surface area contributed by atoms with Crippen LogP contribution in [0.3, 0.4) is 0 Å². The highest BCUT2D eigenvalue weighted by molar-refractivity contribution is 5.77. The van der Waals surface area contributed by atoms with Crippen molar-refractivity contribution < 1.29 is 33.3 Å². The van der Waals surface area contributed by atoms with Crippen molar-refractivity contribution in [3.8, 4) is 12.3 Å². The largest absolute Gasteiger partial charge is 0.387 e. The molecule has 1 aromatic heterocycles. The normalized spacial score (nSPS) is 35.7. The summed E-state index contributed by atoms with van der Waals surface area (Å²) in [5, 5.41) is 21.6. The van der Waals surface area contributed by atoms with Crippen LogP contribution in [0, 0.1) is 12.3 Å². The number of alkyl halides is 2. The standard InChI is InChI=1S/C12H13FN2O4.C10H16FN3O3/c1-3-6-5-15(12(18)14-10(6)17)11-8(13)9(16)7(4-2)19-11;1-2-5-8(15)7(11)9(17-5)14-4-3-6(12)13-10(14)16/h1,5,7-9,11,16H,4H2,2H3,(H,14,17,18);3-9,15H,2,12H2,1H3,(H,13,16). The van der Waals surface area contributed by atoms with E-state index in [1.807, 2.05) is 4.98 Å². The van der Waals surface area contributed by atoms with Crippen molar-refractivity contribution in [3.63, 3.8) is 0 Å². The average Bonchev–Trinajstić information content (AvgIpc) is 3.29. The van der Waals surface area contributed by atoms with Gasteiger partial charge in [-0.15, -0.1) is 6.42 Å². The van der Waals surface area contributed by atoms with Crippen LogP contribution in [0.2, 0.25) is 0 Å². The molecule has 36 heavy (non-hydrogen) atoms.